The van der Waals surface area contributed by atoms with E-state index in [1.54, 1.807) is 6.92 Å². The van der Waals surface area contributed by atoms with E-state index in [9.17, 15) is 9.59 Å². The lowest BCUT2D eigenvalue weighted by Crippen LogP contribution is -2.29. The van der Waals surface area contributed by atoms with Gasteiger partial charge in [0.1, 0.15) is 11.5 Å². The number of hydrogen-bond acceptors (Lipinski definition) is 3. The van der Waals surface area contributed by atoms with Crippen LogP contribution >= 0.6 is 0 Å². The number of aliphatic carboxylic acids is 1. The molecule has 0 saturated heterocycles. The minimum atomic E-state index is -0.934. The Kier molecular flexibility index (Phi) is 5.74. The second kappa shape index (κ2) is 7.98. The summed E-state index contributed by atoms with van der Waals surface area (Å²) in [5.41, 5.74) is 0.811. The molecule has 0 heterocycles. The first-order valence-electron chi connectivity index (χ1n) is 7.38. The Morgan fingerprint density at radius 1 is 1.09 bits per heavy atom. The van der Waals surface area contributed by atoms with Crippen LogP contribution in [0, 0.1) is 0 Å². The molecule has 23 heavy (non-hydrogen) atoms. The molecule has 0 aromatic heterocycles. The highest BCUT2D eigenvalue weighted by atomic mass is 16.5. The fourth-order valence-corrected chi connectivity index (χ4v) is 2.07. The summed E-state index contributed by atoms with van der Waals surface area (Å²) in [6.45, 7) is 1.90. The normalized spacial score (nSPS) is 11.5. The van der Waals surface area contributed by atoms with Gasteiger partial charge < -0.3 is 15.2 Å². The Labute approximate surface area is 134 Å². The quantitative estimate of drug-likeness (QED) is 0.823. The number of carboxylic acids is 1. The monoisotopic (exact) mass is 313 g/mol. The first-order valence-corrected chi connectivity index (χ1v) is 7.38. The molecule has 2 rings (SSSR count). The third kappa shape index (κ3) is 5.14. The minimum absolute atomic E-state index is 0.0877. The van der Waals surface area contributed by atoms with Gasteiger partial charge in [-0.15, -0.1) is 0 Å². The summed E-state index contributed by atoms with van der Waals surface area (Å²) < 4.78 is 5.75. The van der Waals surface area contributed by atoms with Gasteiger partial charge in [0, 0.05) is 6.54 Å². The molecule has 0 fully saturated rings. The van der Waals surface area contributed by atoms with Crippen LogP contribution in [0.25, 0.3) is 0 Å². The van der Waals surface area contributed by atoms with Crippen LogP contribution in [0.4, 0.5) is 0 Å². The van der Waals surface area contributed by atoms with Crippen molar-refractivity contribution in [1.29, 1.82) is 0 Å². The SMILES string of the molecule is CC(C(=O)NCCC(=O)O)c1cccc(Oc2ccccc2)c1. The third-order valence-corrected chi connectivity index (χ3v) is 3.37. The first kappa shape index (κ1) is 16.5. The second-order valence-electron chi connectivity index (χ2n) is 5.14. The van der Waals surface area contributed by atoms with Crippen LogP contribution in [-0.2, 0) is 9.59 Å². The van der Waals surface area contributed by atoms with E-state index in [-0.39, 0.29) is 24.8 Å². The summed E-state index contributed by atoms with van der Waals surface area (Å²) in [4.78, 5) is 22.5. The minimum Gasteiger partial charge on any atom is -0.481 e. The number of hydrogen-bond donors (Lipinski definition) is 2. The fourth-order valence-electron chi connectivity index (χ4n) is 2.07. The van der Waals surface area contributed by atoms with Crippen molar-refractivity contribution in [3.8, 4) is 11.5 Å². The molecule has 0 aliphatic heterocycles. The zero-order valence-electron chi connectivity index (χ0n) is 12.9. The maximum atomic E-state index is 12.0. The van der Waals surface area contributed by atoms with Crippen molar-refractivity contribution < 1.29 is 19.4 Å². The van der Waals surface area contributed by atoms with Crippen LogP contribution in [0.1, 0.15) is 24.8 Å². The van der Waals surface area contributed by atoms with Crippen molar-refractivity contribution in [2.45, 2.75) is 19.3 Å². The highest BCUT2D eigenvalue weighted by molar-refractivity contribution is 5.83. The maximum absolute atomic E-state index is 12.0. The molecule has 0 bridgehead atoms. The summed E-state index contributed by atoms with van der Waals surface area (Å²) in [5, 5.41) is 11.2. The Morgan fingerprint density at radius 2 is 1.78 bits per heavy atom. The van der Waals surface area contributed by atoms with Crippen molar-refractivity contribution in [3.63, 3.8) is 0 Å². The van der Waals surface area contributed by atoms with Gasteiger partial charge in [0.15, 0.2) is 0 Å². The first-order chi connectivity index (χ1) is 11.1. The molecule has 0 radical (unpaired) electrons. The van der Waals surface area contributed by atoms with E-state index in [2.05, 4.69) is 5.32 Å². The van der Waals surface area contributed by atoms with Crippen molar-refractivity contribution in [2.75, 3.05) is 6.54 Å². The Balaban J connectivity index is 2.00. The standard InChI is InChI=1S/C18H19NO4/c1-13(18(22)19-11-10-17(20)21)14-6-5-9-16(12-14)23-15-7-3-2-4-8-15/h2-9,12-13H,10-11H2,1H3,(H,19,22)(H,20,21). The molecule has 0 aliphatic rings. The number of para-hydroxylation sites is 1. The van der Waals surface area contributed by atoms with Crippen molar-refractivity contribution in [3.05, 3.63) is 60.2 Å². The summed E-state index contributed by atoms with van der Waals surface area (Å²) in [6.07, 6.45) is -0.0877. The van der Waals surface area contributed by atoms with Gasteiger partial charge in [0.05, 0.1) is 12.3 Å². The predicted octanol–water partition coefficient (Wildman–Crippen LogP) is 3.17. The number of carbonyl (C=O) groups excluding carboxylic acids is 1. The lowest BCUT2D eigenvalue weighted by atomic mass is 10.00. The molecule has 1 unspecified atom stereocenters. The van der Waals surface area contributed by atoms with Crippen LogP contribution in [-0.4, -0.2) is 23.5 Å². The summed E-state index contributed by atoms with van der Waals surface area (Å²) >= 11 is 0. The van der Waals surface area contributed by atoms with Gasteiger partial charge in [-0.25, -0.2) is 0 Å². The molecule has 2 N–H and O–H groups in total. The second-order valence-corrected chi connectivity index (χ2v) is 5.14. The van der Waals surface area contributed by atoms with Gasteiger partial charge >= 0.3 is 5.97 Å². The highest BCUT2D eigenvalue weighted by Gasteiger charge is 2.15. The molecule has 0 spiro atoms. The maximum Gasteiger partial charge on any atom is 0.305 e. The van der Waals surface area contributed by atoms with Crippen LogP contribution in [0.2, 0.25) is 0 Å². The zero-order valence-corrected chi connectivity index (χ0v) is 12.9. The number of rotatable bonds is 7. The van der Waals surface area contributed by atoms with E-state index in [1.165, 1.54) is 0 Å². The molecule has 5 heteroatoms. The summed E-state index contributed by atoms with van der Waals surface area (Å²) in [5.74, 6) is -0.149. The van der Waals surface area contributed by atoms with Gasteiger partial charge in [-0.05, 0) is 36.8 Å². The Morgan fingerprint density at radius 3 is 2.48 bits per heavy atom. The molecule has 1 atom stereocenters. The molecular weight excluding hydrogens is 294 g/mol. The van der Waals surface area contributed by atoms with Crippen molar-refractivity contribution in [2.24, 2.45) is 0 Å². The average Bonchev–Trinajstić information content (AvgIpc) is 2.55. The predicted molar refractivity (Wildman–Crippen MR) is 86.6 cm³/mol. The van der Waals surface area contributed by atoms with E-state index >= 15 is 0 Å². The Bertz CT molecular complexity index is 670. The number of carboxylic acid groups (broad SMARTS) is 1. The number of carbonyl (C=O) groups is 2. The molecule has 2 aromatic carbocycles. The summed E-state index contributed by atoms with van der Waals surface area (Å²) in [6, 6.07) is 16.7. The smallest absolute Gasteiger partial charge is 0.305 e. The fraction of sp³-hybridized carbons (Fsp3) is 0.222. The van der Waals surface area contributed by atoms with E-state index < -0.39 is 5.97 Å². The number of amides is 1. The number of benzene rings is 2. The molecule has 0 saturated carbocycles. The van der Waals surface area contributed by atoms with E-state index in [1.807, 2.05) is 54.6 Å². The Hall–Kier alpha value is -2.82. The lowest BCUT2D eigenvalue weighted by molar-refractivity contribution is -0.136. The average molecular weight is 313 g/mol. The van der Waals surface area contributed by atoms with Gasteiger partial charge in [0.2, 0.25) is 5.91 Å². The molecular formula is C18H19NO4. The van der Waals surface area contributed by atoms with Crippen LogP contribution < -0.4 is 10.1 Å². The van der Waals surface area contributed by atoms with Crippen LogP contribution in [0.3, 0.4) is 0 Å². The van der Waals surface area contributed by atoms with Crippen LogP contribution in [0.5, 0.6) is 11.5 Å². The lowest BCUT2D eigenvalue weighted by Gasteiger charge is -2.13. The van der Waals surface area contributed by atoms with Crippen molar-refractivity contribution in [1.82, 2.24) is 5.32 Å². The van der Waals surface area contributed by atoms with Gasteiger partial charge in [-0.1, -0.05) is 30.3 Å². The molecule has 0 aliphatic carbocycles. The van der Waals surface area contributed by atoms with E-state index in [4.69, 9.17) is 9.84 Å². The molecule has 120 valence electrons. The van der Waals surface area contributed by atoms with Crippen molar-refractivity contribution >= 4 is 11.9 Å². The van der Waals surface area contributed by atoms with Crippen LogP contribution in [0.15, 0.2) is 54.6 Å². The number of nitrogens with one attached hydrogen (secondary N) is 1. The third-order valence-electron chi connectivity index (χ3n) is 3.37. The molecule has 2 aromatic rings. The zero-order chi connectivity index (χ0) is 16.7. The van der Waals surface area contributed by atoms with Gasteiger partial charge in [0.25, 0.3) is 0 Å². The topological polar surface area (TPSA) is 75.6 Å². The summed E-state index contributed by atoms with van der Waals surface area (Å²) in [7, 11) is 0. The van der Waals surface area contributed by atoms with Gasteiger partial charge in [-0.2, -0.15) is 0 Å². The van der Waals surface area contributed by atoms with E-state index in [0.717, 1.165) is 11.3 Å². The number of ether oxygens (including phenoxy) is 1. The van der Waals surface area contributed by atoms with Gasteiger partial charge in [-0.3, -0.25) is 9.59 Å². The highest BCUT2D eigenvalue weighted by Crippen LogP contribution is 2.25. The largest absolute Gasteiger partial charge is 0.481 e. The molecule has 1 amide bonds. The molecule has 5 nitrogen and oxygen atoms in total. The van der Waals surface area contributed by atoms with E-state index in [0.29, 0.717) is 5.75 Å².